The lowest BCUT2D eigenvalue weighted by molar-refractivity contribution is -0.133. The van der Waals surface area contributed by atoms with Crippen molar-refractivity contribution in [3.05, 3.63) is 87.9 Å². The van der Waals surface area contributed by atoms with Crippen LogP contribution >= 0.6 is 11.3 Å². The summed E-state index contributed by atoms with van der Waals surface area (Å²) in [4.78, 5) is 27.7. The number of carbonyl (C=O) groups excluding carboxylic acids is 2. The highest BCUT2D eigenvalue weighted by molar-refractivity contribution is 7.12. The molecule has 2 aromatic carbocycles. The molecule has 0 saturated carbocycles. The number of rotatable bonds is 6. The zero-order chi connectivity index (χ0) is 22.7. The summed E-state index contributed by atoms with van der Waals surface area (Å²) in [5.41, 5.74) is 1.70. The number of nitrogens with zero attached hydrogens (tertiary/aromatic N) is 3. The number of methoxy groups -OCH3 is 1. The number of carbonyl (C=O) groups is 2. The highest BCUT2D eigenvalue weighted by Gasteiger charge is 2.34. The molecule has 8 heteroatoms. The number of hydrogen-bond acceptors (Lipinski definition) is 5. The van der Waals surface area contributed by atoms with E-state index in [0.29, 0.717) is 28.3 Å². The predicted molar refractivity (Wildman–Crippen MR) is 121 cm³/mol. The highest BCUT2D eigenvalue weighted by Crippen LogP contribution is 2.34. The van der Waals surface area contributed by atoms with Gasteiger partial charge in [0.2, 0.25) is 0 Å². The Labute approximate surface area is 189 Å². The fourth-order valence-electron chi connectivity index (χ4n) is 3.62. The van der Waals surface area contributed by atoms with Crippen molar-refractivity contribution in [2.24, 2.45) is 5.10 Å². The fraction of sp³-hybridized carbons (Fsp3) is 0.208. The maximum atomic E-state index is 14.4. The third-order valence-electron chi connectivity index (χ3n) is 5.30. The normalized spacial score (nSPS) is 15.4. The van der Waals surface area contributed by atoms with Gasteiger partial charge in [0.1, 0.15) is 18.1 Å². The van der Waals surface area contributed by atoms with E-state index in [0.717, 1.165) is 5.56 Å². The van der Waals surface area contributed by atoms with Crippen molar-refractivity contribution in [1.82, 2.24) is 9.91 Å². The number of hydrogen-bond donors (Lipinski definition) is 0. The minimum Gasteiger partial charge on any atom is -0.497 e. The highest BCUT2D eigenvalue weighted by atomic mass is 32.1. The summed E-state index contributed by atoms with van der Waals surface area (Å²) < 4.78 is 19.6. The molecule has 1 atom stereocenters. The van der Waals surface area contributed by atoms with E-state index in [1.54, 1.807) is 44.5 Å². The second-order valence-electron chi connectivity index (χ2n) is 7.40. The molecular formula is C24H22FN3O3S. The first kappa shape index (κ1) is 21.7. The van der Waals surface area contributed by atoms with Crippen LogP contribution < -0.4 is 4.74 Å². The van der Waals surface area contributed by atoms with Crippen LogP contribution in [0.4, 0.5) is 4.39 Å². The lowest BCUT2D eigenvalue weighted by atomic mass is 9.98. The molecule has 0 bridgehead atoms. The maximum absolute atomic E-state index is 14.4. The number of thiophene rings is 1. The maximum Gasteiger partial charge on any atom is 0.264 e. The lowest BCUT2D eigenvalue weighted by Crippen LogP contribution is -2.39. The third kappa shape index (κ3) is 4.40. The number of halogens is 1. The monoisotopic (exact) mass is 451 g/mol. The molecule has 0 aliphatic carbocycles. The minimum absolute atomic E-state index is 0.141. The summed E-state index contributed by atoms with van der Waals surface area (Å²) in [6.45, 7) is -0.141. The van der Waals surface area contributed by atoms with Gasteiger partial charge in [-0.1, -0.05) is 36.4 Å². The first-order valence-electron chi connectivity index (χ1n) is 10.0. The van der Waals surface area contributed by atoms with Crippen LogP contribution in [-0.2, 0) is 4.79 Å². The van der Waals surface area contributed by atoms with E-state index in [9.17, 15) is 14.0 Å². The van der Waals surface area contributed by atoms with Gasteiger partial charge in [-0.15, -0.1) is 11.3 Å². The van der Waals surface area contributed by atoms with Crippen molar-refractivity contribution in [2.45, 2.75) is 12.5 Å². The molecule has 3 aromatic rings. The molecule has 0 spiro atoms. The van der Waals surface area contributed by atoms with E-state index in [1.165, 1.54) is 27.3 Å². The van der Waals surface area contributed by atoms with Crippen LogP contribution in [0.25, 0.3) is 0 Å². The van der Waals surface area contributed by atoms with E-state index in [4.69, 9.17) is 4.74 Å². The molecule has 0 radical (unpaired) electrons. The molecule has 2 heterocycles. The molecule has 6 nitrogen and oxygen atoms in total. The van der Waals surface area contributed by atoms with Crippen LogP contribution in [-0.4, -0.2) is 48.1 Å². The predicted octanol–water partition coefficient (Wildman–Crippen LogP) is 4.35. The molecule has 0 N–H and O–H groups in total. The van der Waals surface area contributed by atoms with Crippen molar-refractivity contribution in [1.29, 1.82) is 0 Å². The lowest BCUT2D eigenvalue weighted by Gasteiger charge is -2.25. The first-order chi connectivity index (χ1) is 15.5. The van der Waals surface area contributed by atoms with Gasteiger partial charge in [0.05, 0.1) is 23.7 Å². The largest absolute Gasteiger partial charge is 0.497 e. The minimum atomic E-state index is -0.409. The van der Waals surface area contributed by atoms with Gasteiger partial charge in [-0.2, -0.15) is 5.10 Å². The Balaban J connectivity index is 1.61. The van der Waals surface area contributed by atoms with Crippen LogP contribution in [0, 0.1) is 5.82 Å². The van der Waals surface area contributed by atoms with Gasteiger partial charge < -0.3 is 9.64 Å². The number of amides is 2. The second-order valence-corrected chi connectivity index (χ2v) is 8.34. The average molecular weight is 452 g/mol. The summed E-state index contributed by atoms with van der Waals surface area (Å²) in [6, 6.07) is 16.8. The Bertz CT molecular complexity index is 1150. The molecular weight excluding hydrogens is 429 g/mol. The molecule has 0 unspecified atom stereocenters. The van der Waals surface area contributed by atoms with Crippen LogP contribution in [0.1, 0.15) is 33.3 Å². The molecule has 4 rings (SSSR count). The summed E-state index contributed by atoms with van der Waals surface area (Å²) in [5.74, 6) is -0.267. The van der Waals surface area contributed by atoms with E-state index < -0.39 is 6.04 Å². The van der Waals surface area contributed by atoms with Gasteiger partial charge in [0.15, 0.2) is 0 Å². The topological polar surface area (TPSA) is 62.2 Å². The van der Waals surface area contributed by atoms with E-state index in [-0.39, 0.29) is 24.2 Å². The Morgan fingerprint density at radius 3 is 2.56 bits per heavy atom. The van der Waals surface area contributed by atoms with E-state index in [1.807, 2.05) is 29.6 Å². The van der Waals surface area contributed by atoms with Crippen molar-refractivity contribution >= 4 is 28.9 Å². The SMILES string of the molecule is COc1ccc([C@H]2CC(c3ccccc3F)=NN2C(=O)CN(C)C(=O)c2cccs2)cc1. The number of ether oxygens (including phenoxy) is 1. The molecule has 0 fully saturated rings. The zero-order valence-corrected chi connectivity index (χ0v) is 18.5. The molecule has 1 aliphatic heterocycles. The number of likely N-dealkylation sites (N-methyl/N-ethyl adjacent to an activating group) is 1. The van der Waals surface area contributed by atoms with Crippen LogP contribution in [0.3, 0.4) is 0 Å². The fourth-order valence-corrected chi connectivity index (χ4v) is 4.34. The van der Waals surface area contributed by atoms with Crippen LogP contribution in [0.15, 0.2) is 71.1 Å². The zero-order valence-electron chi connectivity index (χ0n) is 17.7. The first-order valence-corrected chi connectivity index (χ1v) is 10.9. The van der Waals surface area contributed by atoms with Gasteiger partial charge >= 0.3 is 0 Å². The van der Waals surface area contributed by atoms with Gasteiger partial charge in [-0.05, 0) is 35.2 Å². The van der Waals surface area contributed by atoms with Crippen molar-refractivity contribution in [2.75, 3.05) is 20.7 Å². The molecule has 1 aromatic heterocycles. The summed E-state index contributed by atoms with van der Waals surface area (Å²) in [6.07, 6.45) is 0.363. The standard InChI is InChI=1S/C24H22FN3O3S/c1-27(24(30)22-8-5-13-32-22)15-23(29)28-21(16-9-11-17(31-2)12-10-16)14-20(26-28)18-6-3-4-7-19(18)25/h3-13,21H,14-15H2,1-2H3/t21-/m1/s1. The summed E-state index contributed by atoms with van der Waals surface area (Å²) in [7, 11) is 3.17. The Morgan fingerprint density at radius 2 is 1.91 bits per heavy atom. The van der Waals surface area contributed by atoms with Gasteiger partial charge in [0, 0.05) is 19.0 Å². The van der Waals surface area contributed by atoms with Crippen molar-refractivity contribution < 1.29 is 18.7 Å². The Kier molecular flexibility index (Phi) is 6.32. The molecule has 0 saturated heterocycles. The molecule has 1 aliphatic rings. The summed E-state index contributed by atoms with van der Waals surface area (Å²) >= 11 is 1.32. The van der Waals surface area contributed by atoms with E-state index >= 15 is 0 Å². The van der Waals surface area contributed by atoms with Gasteiger partial charge in [-0.25, -0.2) is 9.40 Å². The van der Waals surface area contributed by atoms with Gasteiger partial charge in [0.25, 0.3) is 11.8 Å². The van der Waals surface area contributed by atoms with Crippen LogP contribution in [0.2, 0.25) is 0 Å². The Morgan fingerprint density at radius 1 is 1.16 bits per heavy atom. The average Bonchev–Trinajstić information content (AvgIpc) is 3.49. The quantitative estimate of drug-likeness (QED) is 0.560. The molecule has 164 valence electrons. The van der Waals surface area contributed by atoms with Crippen molar-refractivity contribution in [3.8, 4) is 5.75 Å². The molecule has 32 heavy (non-hydrogen) atoms. The second kappa shape index (κ2) is 9.32. The smallest absolute Gasteiger partial charge is 0.264 e. The molecule has 2 amide bonds. The van der Waals surface area contributed by atoms with Crippen LogP contribution in [0.5, 0.6) is 5.75 Å². The van der Waals surface area contributed by atoms with E-state index in [2.05, 4.69) is 5.10 Å². The Hall–Kier alpha value is -3.52. The number of hydrazone groups is 1. The third-order valence-corrected chi connectivity index (χ3v) is 6.16. The van der Waals surface area contributed by atoms with Crippen molar-refractivity contribution in [3.63, 3.8) is 0 Å². The number of benzene rings is 2. The van der Waals surface area contributed by atoms with Gasteiger partial charge in [-0.3, -0.25) is 9.59 Å². The summed E-state index contributed by atoms with van der Waals surface area (Å²) in [5, 5.41) is 7.66.